The van der Waals surface area contributed by atoms with Gasteiger partial charge in [0.2, 0.25) is 12.2 Å². The predicted octanol–water partition coefficient (Wildman–Crippen LogP) is 6.02. The Morgan fingerprint density at radius 1 is 0.714 bits per heavy atom. The Balaban J connectivity index is 1.67. The zero-order chi connectivity index (χ0) is 30.3. The van der Waals surface area contributed by atoms with E-state index in [4.69, 9.17) is 63.9 Å². The lowest BCUT2D eigenvalue weighted by molar-refractivity contribution is -0.260. The van der Waals surface area contributed by atoms with Crippen LogP contribution in [0.3, 0.4) is 0 Å². The molecule has 220 valence electrons. The molecule has 1 aliphatic heterocycles. The van der Waals surface area contributed by atoms with Crippen molar-refractivity contribution in [1.29, 1.82) is 5.41 Å². The highest BCUT2D eigenvalue weighted by atomic mass is 35.6. The summed E-state index contributed by atoms with van der Waals surface area (Å²) in [5.74, 6) is -3.73. The summed E-state index contributed by atoms with van der Waals surface area (Å²) in [4.78, 5) is 39.1. The first-order valence-electron chi connectivity index (χ1n) is 12.8. The Bertz CT molecular complexity index is 1390. The number of alkyl halides is 3. The fraction of sp³-hybridized carbons (Fsp3) is 0.267. The van der Waals surface area contributed by atoms with E-state index in [2.05, 4.69) is 0 Å². The van der Waals surface area contributed by atoms with Gasteiger partial charge in [0.05, 0.1) is 22.6 Å². The first kappa shape index (κ1) is 31.3. The summed E-state index contributed by atoms with van der Waals surface area (Å²) in [6.07, 6.45) is -5.02. The minimum absolute atomic E-state index is 0.231. The number of halogens is 3. The molecule has 0 saturated carbocycles. The summed E-state index contributed by atoms with van der Waals surface area (Å²) in [6.45, 7) is 1.16. The normalized spacial score (nSPS) is 22.0. The number of hydrogen-bond donors (Lipinski definition) is 1. The van der Waals surface area contributed by atoms with Crippen molar-refractivity contribution < 1.29 is 38.1 Å². The number of carbonyl (C=O) groups is 3. The first-order valence-corrected chi connectivity index (χ1v) is 13.9. The van der Waals surface area contributed by atoms with Crippen LogP contribution in [0.1, 0.15) is 38.0 Å². The molecular weight excluding hydrogens is 609 g/mol. The number of benzene rings is 3. The van der Waals surface area contributed by atoms with E-state index in [-0.39, 0.29) is 16.7 Å². The Hall–Kier alpha value is -3.63. The van der Waals surface area contributed by atoms with Crippen LogP contribution in [0.4, 0.5) is 0 Å². The molecule has 0 aromatic heterocycles. The van der Waals surface area contributed by atoms with E-state index in [0.29, 0.717) is 0 Å². The Morgan fingerprint density at radius 2 is 1.14 bits per heavy atom. The highest BCUT2D eigenvalue weighted by Crippen LogP contribution is 2.35. The van der Waals surface area contributed by atoms with E-state index >= 15 is 0 Å². The number of ether oxygens (including phenoxy) is 5. The number of nitrogens with one attached hydrogen (secondary N) is 1. The largest absolute Gasteiger partial charge is 0.459 e. The SMILES string of the molecule is CC1[C@@H](OC(=N)C(Cl)(Cl)Cl)OC(COC(=O)c2ccccc2)[C@@H](OC(=O)c2ccccc2)[C@@H]1OC(=O)c1ccccc1. The second-order valence-corrected chi connectivity index (χ2v) is 11.6. The van der Waals surface area contributed by atoms with Gasteiger partial charge in [-0.15, -0.1) is 0 Å². The van der Waals surface area contributed by atoms with Gasteiger partial charge in [0.15, 0.2) is 12.2 Å². The van der Waals surface area contributed by atoms with Crippen molar-refractivity contribution in [2.75, 3.05) is 6.61 Å². The Labute approximate surface area is 257 Å². The summed E-state index contributed by atoms with van der Waals surface area (Å²) in [7, 11) is 0. The van der Waals surface area contributed by atoms with Crippen LogP contribution in [0.2, 0.25) is 0 Å². The molecule has 1 heterocycles. The van der Waals surface area contributed by atoms with Gasteiger partial charge in [-0.1, -0.05) is 96.3 Å². The molecule has 0 amide bonds. The number of hydrogen-bond acceptors (Lipinski definition) is 9. The third-order valence-electron chi connectivity index (χ3n) is 6.33. The average Bonchev–Trinajstić information content (AvgIpc) is 3.00. The molecule has 1 fully saturated rings. The van der Waals surface area contributed by atoms with E-state index < -0.39 is 64.7 Å². The summed E-state index contributed by atoms with van der Waals surface area (Å²) in [5.41, 5.74) is 0.745. The zero-order valence-corrected chi connectivity index (χ0v) is 24.4. The lowest BCUT2D eigenvalue weighted by atomic mass is 9.91. The average molecular weight is 635 g/mol. The molecule has 1 aliphatic rings. The van der Waals surface area contributed by atoms with Crippen LogP contribution in [-0.2, 0) is 23.7 Å². The molecule has 0 bridgehead atoms. The van der Waals surface area contributed by atoms with Crippen LogP contribution in [0.25, 0.3) is 0 Å². The van der Waals surface area contributed by atoms with E-state index in [0.717, 1.165) is 0 Å². The highest BCUT2D eigenvalue weighted by molar-refractivity contribution is 6.76. The molecule has 1 N–H and O–H groups in total. The molecule has 3 aromatic carbocycles. The maximum atomic E-state index is 13.2. The molecular formula is C30H26Cl3NO8. The summed E-state index contributed by atoms with van der Waals surface area (Å²) in [6, 6.07) is 24.6. The fourth-order valence-corrected chi connectivity index (χ4v) is 4.29. The van der Waals surface area contributed by atoms with Crippen molar-refractivity contribution in [2.45, 2.75) is 35.3 Å². The number of carbonyl (C=O) groups excluding carboxylic acids is 3. The fourth-order valence-electron chi connectivity index (χ4n) is 4.16. The molecule has 42 heavy (non-hydrogen) atoms. The van der Waals surface area contributed by atoms with Gasteiger partial charge in [-0.05, 0) is 36.4 Å². The van der Waals surface area contributed by atoms with E-state index in [1.807, 2.05) is 0 Å². The molecule has 9 nitrogen and oxygen atoms in total. The number of rotatable bonds is 8. The third-order valence-corrected chi connectivity index (χ3v) is 6.85. The monoisotopic (exact) mass is 633 g/mol. The lowest BCUT2D eigenvalue weighted by Gasteiger charge is -2.44. The Kier molecular flexibility index (Phi) is 10.5. The van der Waals surface area contributed by atoms with Gasteiger partial charge in [0.25, 0.3) is 3.79 Å². The summed E-state index contributed by atoms with van der Waals surface area (Å²) >= 11 is 17.5. The smallest absolute Gasteiger partial charge is 0.338 e. The van der Waals surface area contributed by atoms with Crippen LogP contribution in [-0.4, -0.2) is 58.8 Å². The standard InChI is InChI=1S/C30H26Cl3NO8/c1-18-23(40-26(36)20-13-7-3-8-14-20)24(41-27(37)21-15-9-4-10-16-21)22(39-28(18)42-29(34)30(31,32)33)17-38-25(35)19-11-5-2-6-12-19/h2-16,18,22-24,28,34H,17H2,1H3/t18?,22?,23-,24-,28-/m1/s1. The van der Waals surface area contributed by atoms with E-state index in [9.17, 15) is 14.4 Å². The summed E-state index contributed by atoms with van der Waals surface area (Å²) < 4.78 is 26.6. The van der Waals surface area contributed by atoms with Gasteiger partial charge >= 0.3 is 17.9 Å². The second kappa shape index (κ2) is 14.0. The van der Waals surface area contributed by atoms with Crippen molar-refractivity contribution in [3.05, 3.63) is 108 Å². The van der Waals surface area contributed by atoms with Crippen molar-refractivity contribution in [3.63, 3.8) is 0 Å². The minimum atomic E-state index is -2.22. The predicted molar refractivity (Wildman–Crippen MR) is 155 cm³/mol. The summed E-state index contributed by atoms with van der Waals surface area (Å²) in [5, 5.41) is 8.06. The van der Waals surface area contributed by atoms with Crippen molar-refractivity contribution in [3.8, 4) is 0 Å². The molecule has 2 unspecified atom stereocenters. The van der Waals surface area contributed by atoms with Gasteiger partial charge < -0.3 is 23.7 Å². The third kappa shape index (κ3) is 8.01. The van der Waals surface area contributed by atoms with Gasteiger partial charge in [-0.3, -0.25) is 5.41 Å². The molecule has 12 heteroatoms. The van der Waals surface area contributed by atoms with Gasteiger partial charge in [-0.25, -0.2) is 14.4 Å². The van der Waals surface area contributed by atoms with Gasteiger partial charge in [-0.2, -0.15) is 0 Å². The topological polar surface area (TPSA) is 121 Å². The zero-order valence-electron chi connectivity index (χ0n) is 22.2. The lowest BCUT2D eigenvalue weighted by Crippen LogP contribution is -2.59. The maximum Gasteiger partial charge on any atom is 0.338 e. The van der Waals surface area contributed by atoms with E-state index in [1.165, 1.54) is 0 Å². The number of esters is 3. The molecule has 3 aromatic rings. The van der Waals surface area contributed by atoms with E-state index in [1.54, 1.807) is 97.9 Å². The van der Waals surface area contributed by atoms with Crippen LogP contribution >= 0.6 is 34.8 Å². The van der Waals surface area contributed by atoms with Gasteiger partial charge in [0, 0.05) is 0 Å². The molecule has 4 rings (SSSR count). The second-order valence-electron chi connectivity index (χ2n) is 9.28. The van der Waals surface area contributed by atoms with Crippen LogP contribution in [0, 0.1) is 11.3 Å². The first-order chi connectivity index (χ1) is 20.0. The van der Waals surface area contributed by atoms with Crippen LogP contribution in [0.5, 0.6) is 0 Å². The Morgan fingerprint density at radius 3 is 1.60 bits per heavy atom. The van der Waals surface area contributed by atoms with Crippen molar-refractivity contribution in [2.24, 2.45) is 5.92 Å². The highest BCUT2D eigenvalue weighted by Gasteiger charge is 2.51. The molecule has 0 aliphatic carbocycles. The molecule has 5 atom stereocenters. The van der Waals surface area contributed by atoms with Crippen molar-refractivity contribution >= 4 is 58.6 Å². The molecule has 0 spiro atoms. The van der Waals surface area contributed by atoms with Gasteiger partial charge in [0.1, 0.15) is 12.7 Å². The quantitative estimate of drug-likeness (QED) is 0.105. The van der Waals surface area contributed by atoms with Crippen LogP contribution < -0.4 is 0 Å². The molecule has 1 saturated heterocycles. The molecule has 0 radical (unpaired) electrons. The van der Waals surface area contributed by atoms with Crippen molar-refractivity contribution in [1.82, 2.24) is 0 Å². The van der Waals surface area contributed by atoms with Crippen LogP contribution in [0.15, 0.2) is 91.0 Å². The minimum Gasteiger partial charge on any atom is -0.459 e. The maximum absolute atomic E-state index is 13.2.